The predicted molar refractivity (Wildman–Crippen MR) is 85.8 cm³/mol. The Labute approximate surface area is 127 Å². The molecule has 2 rings (SSSR count). The normalized spacial score (nSPS) is 10.9. The maximum absolute atomic E-state index is 12.4. The van der Waals surface area contributed by atoms with Gasteiger partial charge in [0.1, 0.15) is 0 Å². The van der Waals surface area contributed by atoms with Crippen LogP contribution in [0.2, 0.25) is 0 Å². The molecule has 3 nitrogen and oxygen atoms in total. The molecule has 1 heterocycles. The second-order valence-electron chi connectivity index (χ2n) is 5.65. The first-order valence-corrected chi connectivity index (χ1v) is 7.64. The lowest BCUT2D eigenvalue weighted by molar-refractivity contribution is 0.0982. The van der Waals surface area contributed by atoms with Crippen LogP contribution in [0.3, 0.4) is 0 Å². The molecule has 0 spiro atoms. The minimum Gasteiger partial charge on any atom is -0.294 e. The zero-order valence-electron chi connectivity index (χ0n) is 13.4. The molecule has 3 heteroatoms. The maximum atomic E-state index is 12.4. The smallest absolute Gasteiger partial charge is 0.163 e. The van der Waals surface area contributed by atoms with Crippen molar-refractivity contribution in [3.05, 3.63) is 52.3 Å². The van der Waals surface area contributed by atoms with Crippen LogP contribution in [0.4, 0.5) is 0 Å². The Morgan fingerprint density at radius 1 is 1.24 bits per heavy atom. The van der Waals surface area contributed by atoms with Crippen molar-refractivity contribution in [2.45, 2.75) is 46.5 Å². The fraction of sp³-hybridized carbons (Fsp3) is 0.444. The first-order chi connectivity index (χ1) is 10.0. The molecule has 2 aromatic rings. The van der Waals surface area contributed by atoms with Gasteiger partial charge in [0, 0.05) is 24.7 Å². The summed E-state index contributed by atoms with van der Waals surface area (Å²) in [7, 11) is 1.95. The molecule has 0 bridgehead atoms. The SMILES string of the molecule is CCCc1cccc(C(=O)CCc2c(C)nn(C)c2C)c1. The third-order valence-electron chi connectivity index (χ3n) is 4.05. The van der Waals surface area contributed by atoms with Crippen LogP contribution in [0.5, 0.6) is 0 Å². The van der Waals surface area contributed by atoms with Gasteiger partial charge in [0.05, 0.1) is 5.69 Å². The number of Topliss-reactive ketones (excluding diaryl/α,β-unsaturated/α-hetero) is 1. The molecular formula is C18H24N2O. The lowest BCUT2D eigenvalue weighted by Gasteiger charge is -2.05. The quantitative estimate of drug-likeness (QED) is 0.756. The standard InChI is InChI=1S/C18H24N2O/c1-5-7-15-8-6-9-16(12-15)18(21)11-10-17-13(2)19-20(4)14(17)3/h6,8-9,12H,5,7,10-11H2,1-4H3. The van der Waals surface area contributed by atoms with Gasteiger partial charge in [-0.25, -0.2) is 0 Å². The van der Waals surface area contributed by atoms with E-state index in [-0.39, 0.29) is 5.78 Å². The molecule has 0 amide bonds. The lowest BCUT2D eigenvalue weighted by Crippen LogP contribution is -2.03. The van der Waals surface area contributed by atoms with E-state index in [0.717, 1.165) is 36.2 Å². The molecule has 0 aliphatic heterocycles. The topological polar surface area (TPSA) is 34.9 Å². The summed E-state index contributed by atoms with van der Waals surface area (Å²) in [6.45, 7) is 6.22. The van der Waals surface area contributed by atoms with Crippen molar-refractivity contribution in [2.24, 2.45) is 7.05 Å². The highest BCUT2D eigenvalue weighted by atomic mass is 16.1. The van der Waals surface area contributed by atoms with Crippen LogP contribution in [0.1, 0.15) is 52.6 Å². The highest BCUT2D eigenvalue weighted by molar-refractivity contribution is 5.96. The Kier molecular flexibility index (Phi) is 4.94. The number of hydrogen-bond donors (Lipinski definition) is 0. The van der Waals surface area contributed by atoms with Gasteiger partial charge in [0.2, 0.25) is 0 Å². The summed E-state index contributed by atoms with van der Waals surface area (Å²) in [5.41, 5.74) is 5.47. The minimum atomic E-state index is 0.218. The highest BCUT2D eigenvalue weighted by Gasteiger charge is 2.12. The van der Waals surface area contributed by atoms with Gasteiger partial charge in [-0.2, -0.15) is 5.10 Å². The number of carbonyl (C=O) groups excluding carboxylic acids is 1. The van der Waals surface area contributed by atoms with Crippen LogP contribution in [0, 0.1) is 13.8 Å². The van der Waals surface area contributed by atoms with E-state index in [1.54, 1.807) is 0 Å². The van der Waals surface area contributed by atoms with Crippen LogP contribution >= 0.6 is 0 Å². The number of hydrogen-bond acceptors (Lipinski definition) is 2. The Morgan fingerprint density at radius 2 is 2.00 bits per heavy atom. The van der Waals surface area contributed by atoms with E-state index in [2.05, 4.69) is 25.0 Å². The lowest BCUT2D eigenvalue weighted by atomic mass is 9.99. The molecule has 0 aliphatic rings. The van der Waals surface area contributed by atoms with Crippen molar-refractivity contribution in [1.82, 2.24) is 9.78 Å². The average Bonchev–Trinajstić information content (AvgIpc) is 2.70. The van der Waals surface area contributed by atoms with E-state index in [1.165, 1.54) is 11.1 Å². The molecule has 0 saturated carbocycles. The number of benzene rings is 1. The van der Waals surface area contributed by atoms with Crippen LogP contribution in [-0.2, 0) is 19.9 Å². The maximum Gasteiger partial charge on any atom is 0.163 e. The molecule has 0 radical (unpaired) electrons. The Hall–Kier alpha value is -1.90. The molecule has 0 atom stereocenters. The van der Waals surface area contributed by atoms with Crippen molar-refractivity contribution >= 4 is 5.78 Å². The number of aryl methyl sites for hydroxylation is 3. The van der Waals surface area contributed by atoms with Crippen LogP contribution < -0.4 is 0 Å². The van der Waals surface area contributed by atoms with Crippen molar-refractivity contribution in [3.63, 3.8) is 0 Å². The molecule has 0 N–H and O–H groups in total. The molecular weight excluding hydrogens is 260 g/mol. The van der Waals surface area contributed by atoms with Gasteiger partial charge in [-0.05, 0) is 43.9 Å². The van der Waals surface area contributed by atoms with Crippen LogP contribution in [0.25, 0.3) is 0 Å². The van der Waals surface area contributed by atoms with E-state index in [1.807, 2.05) is 36.9 Å². The minimum absolute atomic E-state index is 0.218. The molecule has 21 heavy (non-hydrogen) atoms. The largest absolute Gasteiger partial charge is 0.294 e. The molecule has 0 saturated heterocycles. The highest BCUT2D eigenvalue weighted by Crippen LogP contribution is 2.16. The van der Waals surface area contributed by atoms with Crippen molar-refractivity contribution in [1.29, 1.82) is 0 Å². The Bertz CT molecular complexity index is 641. The van der Waals surface area contributed by atoms with Crippen molar-refractivity contribution < 1.29 is 4.79 Å². The van der Waals surface area contributed by atoms with Gasteiger partial charge in [-0.1, -0.05) is 31.5 Å². The monoisotopic (exact) mass is 284 g/mol. The van der Waals surface area contributed by atoms with Gasteiger partial charge in [0.25, 0.3) is 0 Å². The first-order valence-electron chi connectivity index (χ1n) is 7.64. The van der Waals surface area contributed by atoms with E-state index in [0.29, 0.717) is 6.42 Å². The second-order valence-corrected chi connectivity index (χ2v) is 5.65. The average molecular weight is 284 g/mol. The molecule has 1 aromatic carbocycles. The van der Waals surface area contributed by atoms with Crippen LogP contribution in [0.15, 0.2) is 24.3 Å². The second kappa shape index (κ2) is 6.70. The molecule has 0 unspecified atom stereocenters. The number of rotatable bonds is 6. The van der Waals surface area contributed by atoms with E-state index in [4.69, 9.17) is 0 Å². The summed E-state index contributed by atoms with van der Waals surface area (Å²) in [5.74, 6) is 0.218. The van der Waals surface area contributed by atoms with Gasteiger partial charge in [-0.3, -0.25) is 9.48 Å². The summed E-state index contributed by atoms with van der Waals surface area (Å²) in [6, 6.07) is 8.04. The number of carbonyl (C=O) groups is 1. The van der Waals surface area contributed by atoms with Gasteiger partial charge in [-0.15, -0.1) is 0 Å². The number of nitrogens with zero attached hydrogens (tertiary/aromatic N) is 2. The Balaban J connectivity index is 2.06. The van der Waals surface area contributed by atoms with Crippen molar-refractivity contribution in [3.8, 4) is 0 Å². The van der Waals surface area contributed by atoms with E-state index in [9.17, 15) is 4.79 Å². The summed E-state index contributed by atoms with van der Waals surface area (Å²) in [5, 5.41) is 4.41. The molecule has 112 valence electrons. The third-order valence-corrected chi connectivity index (χ3v) is 4.05. The van der Waals surface area contributed by atoms with Gasteiger partial charge < -0.3 is 0 Å². The predicted octanol–water partition coefficient (Wildman–Crippen LogP) is 3.80. The summed E-state index contributed by atoms with van der Waals surface area (Å²) < 4.78 is 1.89. The third kappa shape index (κ3) is 3.60. The van der Waals surface area contributed by atoms with Gasteiger partial charge in [0.15, 0.2) is 5.78 Å². The fourth-order valence-electron chi connectivity index (χ4n) is 2.75. The summed E-state index contributed by atoms with van der Waals surface area (Å²) in [6.07, 6.45) is 3.44. The molecule has 1 aromatic heterocycles. The van der Waals surface area contributed by atoms with Crippen molar-refractivity contribution in [2.75, 3.05) is 0 Å². The van der Waals surface area contributed by atoms with Crippen LogP contribution in [-0.4, -0.2) is 15.6 Å². The zero-order chi connectivity index (χ0) is 15.4. The van der Waals surface area contributed by atoms with E-state index >= 15 is 0 Å². The van der Waals surface area contributed by atoms with E-state index < -0.39 is 0 Å². The Morgan fingerprint density at radius 3 is 2.62 bits per heavy atom. The fourth-order valence-corrected chi connectivity index (χ4v) is 2.75. The number of ketones is 1. The first kappa shape index (κ1) is 15.5. The summed E-state index contributed by atoms with van der Waals surface area (Å²) >= 11 is 0. The zero-order valence-corrected chi connectivity index (χ0v) is 13.4. The summed E-state index contributed by atoms with van der Waals surface area (Å²) in [4.78, 5) is 12.4. The number of aromatic nitrogens is 2. The molecule has 0 aliphatic carbocycles. The molecule has 0 fully saturated rings. The van der Waals surface area contributed by atoms with Gasteiger partial charge >= 0.3 is 0 Å².